The van der Waals surface area contributed by atoms with Gasteiger partial charge in [-0.1, -0.05) is 0 Å². The predicted molar refractivity (Wildman–Crippen MR) is 87.2 cm³/mol. The first-order valence-electron chi connectivity index (χ1n) is 7.72. The number of nitrogens with one attached hydrogen (secondary N) is 1. The second-order valence-corrected chi connectivity index (χ2v) is 5.70. The van der Waals surface area contributed by atoms with Crippen LogP contribution in [0.1, 0.15) is 5.56 Å². The SMILES string of the molecule is Cn1ccc(CN2CCO[C@@H](CNc3cccnn3)C2)cc1=O. The highest BCUT2D eigenvalue weighted by atomic mass is 16.5. The lowest BCUT2D eigenvalue weighted by Gasteiger charge is -2.33. The number of hydrogen-bond acceptors (Lipinski definition) is 6. The maximum Gasteiger partial charge on any atom is 0.250 e. The summed E-state index contributed by atoms with van der Waals surface area (Å²) in [5, 5.41) is 11.1. The van der Waals surface area contributed by atoms with E-state index in [9.17, 15) is 4.79 Å². The van der Waals surface area contributed by atoms with E-state index in [1.54, 1.807) is 23.9 Å². The molecule has 3 heterocycles. The van der Waals surface area contributed by atoms with Gasteiger partial charge < -0.3 is 14.6 Å². The Morgan fingerprint density at radius 3 is 3.13 bits per heavy atom. The maximum atomic E-state index is 11.7. The van der Waals surface area contributed by atoms with Crippen LogP contribution in [0.2, 0.25) is 0 Å². The van der Waals surface area contributed by atoms with E-state index in [1.807, 2.05) is 24.4 Å². The third-order valence-corrected chi connectivity index (χ3v) is 3.88. The molecule has 2 aromatic rings. The highest BCUT2D eigenvalue weighted by Gasteiger charge is 2.20. The largest absolute Gasteiger partial charge is 0.374 e. The molecule has 1 N–H and O–H groups in total. The Bertz CT molecular complexity index is 688. The van der Waals surface area contributed by atoms with Gasteiger partial charge in [-0.05, 0) is 23.8 Å². The first-order chi connectivity index (χ1) is 11.2. The quantitative estimate of drug-likeness (QED) is 0.866. The summed E-state index contributed by atoms with van der Waals surface area (Å²) in [5.74, 6) is 0.750. The van der Waals surface area contributed by atoms with E-state index in [2.05, 4.69) is 20.4 Å². The Labute approximate surface area is 134 Å². The van der Waals surface area contributed by atoms with E-state index >= 15 is 0 Å². The molecule has 2 aromatic heterocycles. The minimum atomic E-state index is 0.0247. The predicted octanol–water partition coefficient (Wildman–Crippen LogP) is 0.488. The van der Waals surface area contributed by atoms with Gasteiger partial charge in [-0.25, -0.2) is 0 Å². The van der Waals surface area contributed by atoms with E-state index in [-0.39, 0.29) is 11.7 Å². The molecule has 0 aromatic carbocycles. The molecule has 7 nitrogen and oxygen atoms in total. The third-order valence-electron chi connectivity index (χ3n) is 3.88. The molecule has 1 atom stereocenters. The van der Waals surface area contributed by atoms with Gasteiger partial charge in [0.15, 0.2) is 0 Å². The molecule has 0 unspecified atom stereocenters. The molecule has 0 amide bonds. The topological polar surface area (TPSA) is 72.3 Å². The zero-order chi connectivity index (χ0) is 16.1. The van der Waals surface area contributed by atoms with Gasteiger partial charge in [-0.3, -0.25) is 9.69 Å². The van der Waals surface area contributed by atoms with Crippen molar-refractivity contribution in [3.63, 3.8) is 0 Å². The second kappa shape index (κ2) is 7.34. The summed E-state index contributed by atoms with van der Waals surface area (Å²) in [6.45, 7) is 3.84. The molecule has 7 heteroatoms. The first-order valence-corrected chi connectivity index (χ1v) is 7.72. The summed E-state index contributed by atoms with van der Waals surface area (Å²) < 4.78 is 7.37. The summed E-state index contributed by atoms with van der Waals surface area (Å²) in [6.07, 6.45) is 3.55. The minimum absolute atomic E-state index is 0.0247. The monoisotopic (exact) mass is 315 g/mol. The van der Waals surface area contributed by atoms with E-state index in [0.717, 1.165) is 31.0 Å². The summed E-state index contributed by atoms with van der Waals surface area (Å²) in [5.41, 5.74) is 1.06. The Morgan fingerprint density at radius 1 is 1.43 bits per heavy atom. The number of anilines is 1. The highest BCUT2D eigenvalue weighted by Crippen LogP contribution is 2.10. The zero-order valence-corrected chi connectivity index (χ0v) is 13.2. The maximum absolute atomic E-state index is 11.7. The Morgan fingerprint density at radius 2 is 2.35 bits per heavy atom. The van der Waals surface area contributed by atoms with Crippen LogP contribution in [0.3, 0.4) is 0 Å². The molecule has 1 aliphatic heterocycles. The Hall–Kier alpha value is -2.25. The van der Waals surface area contributed by atoms with Crippen LogP contribution >= 0.6 is 0 Å². The molecular weight excluding hydrogens is 294 g/mol. The van der Waals surface area contributed by atoms with Gasteiger partial charge in [0.25, 0.3) is 5.56 Å². The van der Waals surface area contributed by atoms with Gasteiger partial charge in [-0.2, -0.15) is 5.10 Å². The fourth-order valence-electron chi connectivity index (χ4n) is 2.61. The van der Waals surface area contributed by atoms with Gasteiger partial charge >= 0.3 is 0 Å². The van der Waals surface area contributed by atoms with Crippen molar-refractivity contribution in [3.8, 4) is 0 Å². The number of hydrogen-bond donors (Lipinski definition) is 1. The molecule has 0 aliphatic carbocycles. The lowest BCUT2D eigenvalue weighted by atomic mass is 10.2. The summed E-state index contributed by atoms with van der Waals surface area (Å²) in [7, 11) is 1.76. The molecule has 1 aliphatic rings. The molecule has 122 valence electrons. The summed E-state index contributed by atoms with van der Waals surface area (Å²) in [4.78, 5) is 14.0. The first kappa shape index (κ1) is 15.6. The molecule has 23 heavy (non-hydrogen) atoms. The van der Waals surface area contributed by atoms with Crippen LogP contribution in [-0.2, 0) is 18.3 Å². The lowest BCUT2D eigenvalue weighted by Crippen LogP contribution is -2.45. The van der Waals surface area contributed by atoms with Crippen molar-refractivity contribution in [1.82, 2.24) is 19.7 Å². The van der Waals surface area contributed by atoms with Gasteiger partial charge in [0.05, 0.1) is 12.7 Å². The van der Waals surface area contributed by atoms with Gasteiger partial charge in [-0.15, -0.1) is 5.10 Å². The molecule has 1 fully saturated rings. The van der Waals surface area contributed by atoms with Gasteiger partial charge in [0.1, 0.15) is 5.82 Å². The normalized spacial score (nSPS) is 18.7. The average Bonchev–Trinajstić information content (AvgIpc) is 2.58. The van der Waals surface area contributed by atoms with Crippen LogP contribution in [0.5, 0.6) is 0 Å². The van der Waals surface area contributed by atoms with Crippen LogP contribution in [0.4, 0.5) is 5.82 Å². The van der Waals surface area contributed by atoms with E-state index in [1.165, 1.54) is 0 Å². The van der Waals surface area contributed by atoms with Crippen LogP contribution < -0.4 is 10.9 Å². The average molecular weight is 315 g/mol. The number of rotatable bonds is 5. The fraction of sp³-hybridized carbons (Fsp3) is 0.438. The Kier molecular flexibility index (Phi) is 4.99. The molecule has 3 rings (SSSR count). The standard InChI is InChI=1S/C16H21N5O2/c1-20-6-4-13(9-16(20)22)11-21-7-8-23-14(12-21)10-17-15-3-2-5-18-19-15/h2-6,9,14H,7-8,10-12H2,1H3,(H,17,19)/t14-/m0/s1. The van der Waals surface area contributed by atoms with Crippen molar-refractivity contribution in [3.05, 3.63) is 52.6 Å². The van der Waals surface area contributed by atoms with Gasteiger partial charge in [0, 0.05) is 51.7 Å². The summed E-state index contributed by atoms with van der Waals surface area (Å²) in [6, 6.07) is 7.42. The smallest absolute Gasteiger partial charge is 0.250 e. The highest BCUT2D eigenvalue weighted by molar-refractivity contribution is 5.31. The van der Waals surface area contributed by atoms with Crippen molar-refractivity contribution in [2.24, 2.45) is 7.05 Å². The number of nitrogens with zero attached hydrogens (tertiary/aromatic N) is 4. The fourth-order valence-corrected chi connectivity index (χ4v) is 2.61. The van der Waals surface area contributed by atoms with E-state index in [0.29, 0.717) is 13.2 Å². The van der Waals surface area contributed by atoms with Crippen LogP contribution in [-0.4, -0.2) is 52.0 Å². The molecule has 1 saturated heterocycles. The molecule has 0 radical (unpaired) electrons. The number of pyridine rings is 1. The van der Waals surface area contributed by atoms with Crippen LogP contribution in [0.25, 0.3) is 0 Å². The number of morpholine rings is 1. The minimum Gasteiger partial charge on any atom is -0.374 e. The van der Waals surface area contributed by atoms with Crippen LogP contribution in [0.15, 0.2) is 41.5 Å². The Balaban J connectivity index is 1.53. The van der Waals surface area contributed by atoms with E-state index in [4.69, 9.17) is 4.74 Å². The van der Waals surface area contributed by atoms with Crippen molar-refractivity contribution in [2.75, 3.05) is 31.6 Å². The van der Waals surface area contributed by atoms with Gasteiger partial charge in [0.2, 0.25) is 0 Å². The lowest BCUT2D eigenvalue weighted by molar-refractivity contribution is -0.0241. The van der Waals surface area contributed by atoms with Crippen molar-refractivity contribution in [2.45, 2.75) is 12.6 Å². The number of aryl methyl sites for hydroxylation is 1. The van der Waals surface area contributed by atoms with Crippen LogP contribution in [0, 0.1) is 0 Å². The number of ether oxygens (including phenoxy) is 1. The number of aromatic nitrogens is 3. The molecular formula is C16H21N5O2. The zero-order valence-electron chi connectivity index (χ0n) is 13.2. The van der Waals surface area contributed by atoms with Crippen molar-refractivity contribution < 1.29 is 4.74 Å². The third kappa shape index (κ3) is 4.37. The summed E-state index contributed by atoms with van der Waals surface area (Å²) >= 11 is 0. The second-order valence-electron chi connectivity index (χ2n) is 5.70. The molecule has 0 saturated carbocycles. The molecule has 0 bridgehead atoms. The van der Waals surface area contributed by atoms with Crippen molar-refractivity contribution in [1.29, 1.82) is 0 Å². The molecule has 0 spiro atoms. The van der Waals surface area contributed by atoms with Crippen molar-refractivity contribution >= 4 is 5.82 Å². The van der Waals surface area contributed by atoms with E-state index < -0.39 is 0 Å².